The van der Waals surface area contributed by atoms with Crippen LogP contribution in [0.25, 0.3) is 10.8 Å². The number of aliphatic hydroxyl groups excluding tert-OH is 1. The van der Waals surface area contributed by atoms with Crippen LogP contribution in [0.3, 0.4) is 0 Å². The first-order valence-corrected chi connectivity index (χ1v) is 38.0. The van der Waals surface area contributed by atoms with Gasteiger partial charge in [-0.05, 0) is 135 Å². The molecule has 31 nitrogen and oxygen atoms in total. The number of primary amides is 1. The molecule has 0 bridgehead atoms. The number of nitrogens with one attached hydrogen (secondary N) is 13. The number of benzene rings is 4. The van der Waals surface area contributed by atoms with E-state index in [0.717, 1.165) is 22.9 Å². The standard InChI is InChI=1S/C78H103F7N18O13/c1-7-88-75(89-8-2)90-33-13-19-57(74(116)103-34-14-20-64(103)73(115)94-46(5)65(86)107)97-67(109)58(35-45(3)4)98-66(108)56(18-12-32-91-76(92-43-77(80,81)82)93-44-78(83,84)85)96-69(111)60(38-49-24-29-55(106)30-25-49)101-72(114)63(42-104)102-71(113)62(40-51-15-11-31-87-41-51)100-70(112)61(37-48-22-27-54(79)28-23-48)99-68(110)59(95-47(6)105)39-50-21-26-52-16-9-10-17-53(52)36-50/h9-11,15-17,21-31,36,41,45-46,56-64,104,106H,7-8,12-14,18-20,32-35,37-40,42-44H2,1-6H3,(H2,86,107)(H,94,115)(H,95,105)(H,96,111)(H,97,109)(H,98,108)(H,99,110)(H,100,112)(H,101,114)(H,102,113)(H2,88,89,90)(H2,91,92,93)/t46-,56-,57+,58+,59-,60+,61-,62-,63+,64+/m1/s1. The predicted molar refractivity (Wildman–Crippen MR) is 415 cm³/mol. The molecule has 6 rings (SSSR count). The number of fused-ring (bicyclic) bond motifs is 1. The fourth-order valence-electron chi connectivity index (χ4n) is 12.4. The lowest BCUT2D eigenvalue weighted by Crippen LogP contribution is -2.61. The Bertz CT molecular complexity index is 4180. The second kappa shape index (κ2) is 46.0. The lowest BCUT2D eigenvalue weighted by atomic mass is 9.99. The summed E-state index contributed by atoms with van der Waals surface area (Å²) in [4.78, 5) is 170. The highest BCUT2D eigenvalue weighted by Crippen LogP contribution is 2.23. The van der Waals surface area contributed by atoms with Gasteiger partial charge < -0.3 is 90.0 Å². The highest BCUT2D eigenvalue weighted by Gasteiger charge is 2.41. The van der Waals surface area contributed by atoms with Crippen LogP contribution in [0, 0.1) is 11.7 Å². The first-order valence-electron chi connectivity index (χ1n) is 38.0. The normalized spacial score (nSPS) is 15.2. The third-order valence-electron chi connectivity index (χ3n) is 18.2. The second-order valence-electron chi connectivity index (χ2n) is 28.2. The molecule has 1 aliphatic rings. The van der Waals surface area contributed by atoms with Crippen molar-refractivity contribution in [2.75, 3.05) is 52.4 Å². The van der Waals surface area contributed by atoms with Crippen molar-refractivity contribution < 1.29 is 93.7 Å². The molecular formula is C78H103F7N18O13. The largest absolute Gasteiger partial charge is 0.508 e. The van der Waals surface area contributed by atoms with Crippen molar-refractivity contribution in [1.29, 1.82) is 0 Å². The fourth-order valence-corrected chi connectivity index (χ4v) is 12.4. The van der Waals surface area contributed by atoms with Gasteiger partial charge >= 0.3 is 12.4 Å². The van der Waals surface area contributed by atoms with Crippen LogP contribution in [0.1, 0.15) is 109 Å². The average Bonchev–Trinajstić information content (AvgIpc) is 1.73. The van der Waals surface area contributed by atoms with E-state index in [-0.39, 0.29) is 75.8 Å². The van der Waals surface area contributed by atoms with Gasteiger partial charge in [-0.2, -0.15) is 26.3 Å². The van der Waals surface area contributed by atoms with Gasteiger partial charge in [0.05, 0.1) is 6.61 Å². The molecule has 10 atom stereocenters. The number of hydrogen-bond acceptors (Lipinski definition) is 16. The van der Waals surface area contributed by atoms with Gasteiger partial charge in [-0.15, -0.1) is 0 Å². The molecule has 38 heteroatoms. The molecule has 1 fully saturated rings. The van der Waals surface area contributed by atoms with Crippen molar-refractivity contribution in [2.24, 2.45) is 21.6 Å². The van der Waals surface area contributed by atoms with Crippen LogP contribution in [0.15, 0.2) is 126 Å². The predicted octanol–water partition coefficient (Wildman–Crippen LogP) is 2.06. The summed E-state index contributed by atoms with van der Waals surface area (Å²) in [5, 5.41) is 56.4. The van der Waals surface area contributed by atoms with Crippen LogP contribution in [0.5, 0.6) is 5.75 Å². The molecule has 116 heavy (non-hydrogen) atoms. The minimum Gasteiger partial charge on any atom is -0.508 e. The summed E-state index contributed by atoms with van der Waals surface area (Å²) in [5.74, 6) is -12.1. The summed E-state index contributed by atoms with van der Waals surface area (Å²) < 4.78 is 94.8. The molecule has 1 aromatic heterocycles. The molecule has 0 unspecified atom stereocenters. The van der Waals surface area contributed by atoms with Gasteiger partial charge in [0, 0.05) is 77.7 Å². The van der Waals surface area contributed by atoms with Crippen molar-refractivity contribution >= 4 is 87.7 Å². The van der Waals surface area contributed by atoms with Crippen LogP contribution in [0.2, 0.25) is 0 Å². The summed E-state index contributed by atoms with van der Waals surface area (Å²) in [6.45, 7) is 5.32. The second-order valence-corrected chi connectivity index (χ2v) is 28.2. The molecule has 17 N–H and O–H groups in total. The molecule has 5 aromatic rings. The van der Waals surface area contributed by atoms with Gasteiger partial charge in [0.15, 0.2) is 11.9 Å². The number of guanidine groups is 2. The summed E-state index contributed by atoms with van der Waals surface area (Å²) in [5.41, 5.74) is 6.97. The van der Waals surface area contributed by atoms with E-state index in [1.165, 1.54) is 73.6 Å². The van der Waals surface area contributed by atoms with E-state index in [2.05, 4.69) is 78.8 Å². The topological polar surface area (TPSA) is 451 Å². The van der Waals surface area contributed by atoms with Crippen molar-refractivity contribution in [1.82, 2.24) is 79.0 Å². The maximum absolute atomic E-state index is 15.1. The first-order chi connectivity index (χ1) is 55.0. The molecule has 0 saturated carbocycles. The van der Waals surface area contributed by atoms with Crippen molar-refractivity contribution in [3.8, 4) is 5.75 Å². The van der Waals surface area contributed by atoms with Crippen LogP contribution in [0.4, 0.5) is 30.7 Å². The van der Waals surface area contributed by atoms with Crippen molar-refractivity contribution in [3.05, 3.63) is 144 Å². The van der Waals surface area contributed by atoms with Crippen LogP contribution < -0.4 is 74.9 Å². The molecule has 632 valence electrons. The Morgan fingerprint density at radius 1 is 0.552 bits per heavy atom. The number of phenolic OH excluding ortho intramolecular Hbond substituents is 1. The van der Waals surface area contributed by atoms with Gasteiger partial charge in [-0.25, -0.2) is 9.38 Å². The number of pyridine rings is 1. The molecule has 0 radical (unpaired) electrons. The Labute approximate surface area is 666 Å². The third-order valence-corrected chi connectivity index (χ3v) is 18.2. The number of nitrogens with two attached hydrogens (primary N) is 1. The highest BCUT2D eigenvalue weighted by molar-refractivity contribution is 5.99. The van der Waals surface area contributed by atoms with E-state index in [9.17, 15) is 84.1 Å². The Kier molecular flexibility index (Phi) is 36.9. The van der Waals surface area contributed by atoms with E-state index in [1.807, 2.05) is 50.2 Å². The summed E-state index contributed by atoms with van der Waals surface area (Å²) >= 11 is 0. The number of amides is 11. The number of nitrogens with zero attached hydrogens (tertiary/aromatic N) is 4. The SMILES string of the molecule is CCNC(=NCCC[C@H](NC(=O)[C@H](CC(C)C)NC(=O)[C@@H](CCCNC(=NCC(F)(F)F)NCC(F)(F)F)NC(=O)[C@H](Cc1ccc(O)cc1)NC(=O)[C@H](CO)NC(=O)[C@@H](Cc1cccnc1)NC(=O)[C@@H](Cc1ccc(F)cc1)NC(=O)[C@@H](Cc1ccc2ccccc2c1)NC(C)=O)C(=O)N1CCC[C@H]1C(=O)N[C@H](C)C(N)=O)NCC. The van der Waals surface area contributed by atoms with Crippen LogP contribution in [-0.2, 0) is 78.4 Å². The number of aromatic hydroxyl groups is 1. The third kappa shape index (κ3) is 32.3. The van der Waals surface area contributed by atoms with Crippen molar-refractivity contribution in [2.45, 2.75) is 185 Å². The van der Waals surface area contributed by atoms with E-state index in [1.54, 1.807) is 31.3 Å². The Balaban J connectivity index is 1.33. The zero-order valence-electron chi connectivity index (χ0n) is 65.2. The van der Waals surface area contributed by atoms with E-state index >= 15 is 9.59 Å². The number of hydrogen-bond donors (Lipinski definition) is 16. The smallest absolute Gasteiger partial charge is 0.408 e. The molecule has 11 amide bonds. The zero-order valence-corrected chi connectivity index (χ0v) is 65.2. The number of aliphatic hydroxyl groups is 1. The van der Waals surface area contributed by atoms with E-state index in [4.69, 9.17) is 5.73 Å². The van der Waals surface area contributed by atoms with Crippen LogP contribution in [-0.4, -0.2) is 222 Å². The number of aromatic nitrogens is 1. The van der Waals surface area contributed by atoms with Gasteiger partial charge in [-0.3, -0.25) is 62.7 Å². The minimum absolute atomic E-state index is 0.0509. The summed E-state index contributed by atoms with van der Waals surface area (Å²) in [6.07, 6.45) is -8.84. The first kappa shape index (κ1) is 93.1. The number of likely N-dealkylation sites (tertiary alicyclic amines) is 1. The lowest BCUT2D eigenvalue weighted by molar-refractivity contribution is -0.142. The van der Waals surface area contributed by atoms with Crippen LogP contribution >= 0.6 is 0 Å². The average molecular weight is 1630 g/mol. The number of carbonyl (C=O) groups excluding carboxylic acids is 11. The van der Waals surface area contributed by atoms with Crippen molar-refractivity contribution in [3.63, 3.8) is 0 Å². The molecule has 1 aliphatic heterocycles. The van der Waals surface area contributed by atoms with Gasteiger partial charge in [0.1, 0.15) is 85.1 Å². The maximum atomic E-state index is 15.1. The number of aliphatic imine (C=N–C) groups is 2. The summed E-state index contributed by atoms with van der Waals surface area (Å²) in [7, 11) is 0. The van der Waals surface area contributed by atoms with Gasteiger partial charge in [0.2, 0.25) is 65.0 Å². The zero-order chi connectivity index (χ0) is 85.2. The van der Waals surface area contributed by atoms with Gasteiger partial charge in [0.25, 0.3) is 0 Å². The molecule has 1 saturated heterocycles. The molecule has 2 heterocycles. The number of halogens is 7. The van der Waals surface area contributed by atoms with Gasteiger partial charge in [-0.1, -0.05) is 86.6 Å². The Hall–Kier alpha value is -11.7. The quantitative estimate of drug-likeness (QED) is 0.0115. The number of carbonyl (C=O) groups is 11. The Morgan fingerprint density at radius 2 is 1.05 bits per heavy atom. The monoisotopic (exact) mass is 1630 g/mol. The van der Waals surface area contributed by atoms with E-state index < -0.39 is 195 Å². The molecule has 4 aromatic carbocycles. The Morgan fingerprint density at radius 3 is 1.60 bits per heavy atom. The minimum atomic E-state index is -4.97. The maximum Gasteiger partial charge on any atom is 0.408 e. The number of alkyl halides is 6. The fraction of sp³-hybridized carbons (Fsp3) is 0.487. The molecular weight excluding hydrogens is 1530 g/mol. The lowest BCUT2D eigenvalue weighted by Gasteiger charge is -2.31. The number of rotatable bonds is 42. The molecule has 0 spiro atoms. The van der Waals surface area contributed by atoms with E-state index in [0.29, 0.717) is 42.2 Å². The summed E-state index contributed by atoms with van der Waals surface area (Å²) in [6, 6.07) is 10.7. The number of phenols is 1. The highest BCUT2D eigenvalue weighted by atomic mass is 19.4. The molecule has 0 aliphatic carbocycles.